The molecule has 0 fully saturated rings. The van der Waals surface area contributed by atoms with E-state index in [1.807, 2.05) is 24.3 Å². The highest BCUT2D eigenvalue weighted by molar-refractivity contribution is 5.98. The number of aromatic hydroxyl groups is 1. The Balaban J connectivity index is 1.29. The van der Waals surface area contributed by atoms with E-state index in [1.165, 1.54) is 11.6 Å². The van der Waals surface area contributed by atoms with Crippen LogP contribution in [-0.2, 0) is 21.7 Å². The van der Waals surface area contributed by atoms with Crippen molar-refractivity contribution >= 4 is 11.0 Å². The first-order chi connectivity index (χ1) is 35.4. The monoisotopic (exact) mass is 926 g/mol. The molecular weight excluding hydrogens is 851 g/mol. The number of rotatable bonds is 7. The molecule has 354 valence electrons. The molecule has 0 atom stereocenters. The van der Waals surface area contributed by atoms with E-state index in [0.29, 0.717) is 33.8 Å². The van der Waals surface area contributed by atoms with E-state index in [2.05, 4.69) is 179 Å². The fraction of sp³-hybridized carbons (Fsp3) is 0.273. The molecule has 4 heteroatoms. The maximum Gasteiger partial charge on any atom is 0.149 e. The molecule has 4 nitrogen and oxygen atoms in total. The molecule has 2 aromatic heterocycles. The molecule has 0 bridgehead atoms. The van der Waals surface area contributed by atoms with Gasteiger partial charge in [-0.2, -0.15) is 0 Å². The Bertz CT molecular complexity index is 3670. The number of para-hydroxylation sites is 1. The molecular formula is C66H69N3O. The summed E-state index contributed by atoms with van der Waals surface area (Å²) in [5, 5.41) is 12.6. The average Bonchev–Trinajstić information content (AvgIpc) is 3.77. The van der Waals surface area contributed by atoms with E-state index in [1.54, 1.807) is 36.5 Å². The lowest BCUT2D eigenvalue weighted by Crippen LogP contribution is -2.17. The van der Waals surface area contributed by atoms with E-state index in [4.69, 9.17) is 18.2 Å². The summed E-state index contributed by atoms with van der Waals surface area (Å²) in [6.07, 6.45) is 1.74. The Labute approximate surface area is 425 Å². The van der Waals surface area contributed by atoms with Crippen LogP contribution in [0.4, 0.5) is 0 Å². The first-order valence-electron chi connectivity index (χ1n) is 27.4. The van der Waals surface area contributed by atoms with Crippen molar-refractivity contribution in [3.05, 3.63) is 191 Å². The van der Waals surface area contributed by atoms with Crippen molar-refractivity contribution < 1.29 is 13.3 Å². The molecule has 0 spiro atoms. The Morgan fingerprint density at radius 2 is 1.07 bits per heavy atom. The van der Waals surface area contributed by atoms with Gasteiger partial charge in [-0.05, 0) is 145 Å². The minimum atomic E-state index is -2.53. The summed E-state index contributed by atoms with van der Waals surface area (Å²) in [7, 11) is 0. The third-order valence-electron chi connectivity index (χ3n) is 13.6. The number of benzene rings is 7. The van der Waals surface area contributed by atoms with Crippen LogP contribution in [0, 0.1) is 13.7 Å². The van der Waals surface area contributed by atoms with Crippen molar-refractivity contribution in [2.45, 2.75) is 118 Å². The molecule has 0 saturated carbocycles. The highest BCUT2D eigenvalue weighted by Gasteiger charge is 2.30. The van der Waals surface area contributed by atoms with Crippen LogP contribution in [0.15, 0.2) is 158 Å². The molecule has 0 aliphatic carbocycles. The van der Waals surface area contributed by atoms with Gasteiger partial charge in [0.15, 0.2) is 0 Å². The van der Waals surface area contributed by atoms with Gasteiger partial charge in [-0.3, -0.25) is 9.55 Å². The Kier molecular flexibility index (Phi) is 10.3. The molecule has 0 saturated heterocycles. The smallest absolute Gasteiger partial charge is 0.149 e. The zero-order chi connectivity index (χ0) is 55.1. The fourth-order valence-corrected chi connectivity index (χ4v) is 9.42. The maximum atomic E-state index is 12.6. The second-order valence-corrected chi connectivity index (χ2v) is 23.0. The van der Waals surface area contributed by atoms with Crippen LogP contribution in [0.25, 0.3) is 83.9 Å². The van der Waals surface area contributed by atoms with Crippen LogP contribution in [0.2, 0.25) is 0 Å². The molecule has 70 heavy (non-hydrogen) atoms. The third kappa shape index (κ3) is 9.25. The van der Waals surface area contributed by atoms with E-state index in [-0.39, 0.29) is 38.5 Å². The summed E-state index contributed by atoms with van der Waals surface area (Å²) in [6.45, 7) is 21.3. The quantitative estimate of drug-likeness (QED) is 0.173. The SMILES string of the molecule is [2H]C([2H])([2H])c1ccccc1-c1ccc(-c2ccnc(-c3cc(-c4cccc5c4nc(-c4cc(C(C)(C)C)cc(C(C)(C)C)c4O)n5-c4ccc(C(C)(C)C)cc4-c4ccccc4)cc(C(C)(C)C)c3)c2)cc1C([2H])([2H])[2H]. The zero-order valence-electron chi connectivity index (χ0n) is 48.8. The highest BCUT2D eigenvalue weighted by Crippen LogP contribution is 2.46. The second kappa shape index (κ2) is 17.7. The number of phenolic OH excluding ortho intramolecular Hbond substituents is 1. The molecule has 1 N–H and O–H groups in total. The normalized spacial score (nSPS) is 14.1. The number of pyridine rings is 1. The lowest BCUT2D eigenvalue weighted by Gasteiger charge is -2.28. The van der Waals surface area contributed by atoms with Crippen molar-refractivity contribution in [3.8, 4) is 78.6 Å². The number of phenols is 1. The predicted molar refractivity (Wildman–Crippen MR) is 297 cm³/mol. The van der Waals surface area contributed by atoms with E-state index >= 15 is 0 Å². The topological polar surface area (TPSA) is 50.9 Å². The lowest BCUT2D eigenvalue weighted by molar-refractivity contribution is 0.446. The van der Waals surface area contributed by atoms with Gasteiger partial charge < -0.3 is 5.11 Å². The van der Waals surface area contributed by atoms with E-state index in [0.717, 1.165) is 66.8 Å². The first kappa shape index (κ1) is 40.8. The number of fused-ring (bicyclic) bond motifs is 1. The first-order valence-corrected chi connectivity index (χ1v) is 24.4. The minimum Gasteiger partial charge on any atom is -0.507 e. The average molecular weight is 926 g/mol. The molecule has 0 radical (unpaired) electrons. The van der Waals surface area contributed by atoms with Gasteiger partial charge in [0.1, 0.15) is 11.6 Å². The maximum absolute atomic E-state index is 12.6. The van der Waals surface area contributed by atoms with Crippen LogP contribution in [0.1, 0.15) is 125 Å². The standard InChI is InChI=1S/C66H69N3O/c1-41-21-18-19-24-51(41)52-29-27-44(33-42(52)2)45-31-32-67-57(37-45)47-34-46(35-49(36-47)64(6,7)8)53-25-20-26-59-60(53)68-62(55-39-50(65(9,10)11)40-56(61(55)70)66(12,13)14)69(59)58-30-28-48(63(3,4)5)38-54(58)43-22-16-15-17-23-43/h15-40,70H,1-14H3/i1D3,2D3. The summed E-state index contributed by atoms with van der Waals surface area (Å²) in [5.74, 6) is 0.832. The number of hydrogen-bond acceptors (Lipinski definition) is 3. The van der Waals surface area contributed by atoms with E-state index < -0.39 is 13.7 Å². The summed E-state index contributed by atoms with van der Waals surface area (Å²) >= 11 is 0. The summed E-state index contributed by atoms with van der Waals surface area (Å²) in [6, 6.07) is 50.0. The van der Waals surface area contributed by atoms with Gasteiger partial charge in [0.2, 0.25) is 0 Å². The zero-order valence-corrected chi connectivity index (χ0v) is 42.8. The number of hydrogen-bond donors (Lipinski definition) is 1. The van der Waals surface area contributed by atoms with Crippen molar-refractivity contribution in [2.75, 3.05) is 0 Å². The second-order valence-electron chi connectivity index (χ2n) is 23.0. The van der Waals surface area contributed by atoms with Gasteiger partial charge in [0.25, 0.3) is 0 Å². The van der Waals surface area contributed by atoms with Crippen molar-refractivity contribution in [2.24, 2.45) is 0 Å². The molecule has 0 aliphatic rings. The fourth-order valence-electron chi connectivity index (χ4n) is 9.42. The Morgan fingerprint density at radius 3 is 1.77 bits per heavy atom. The van der Waals surface area contributed by atoms with Crippen molar-refractivity contribution in [3.63, 3.8) is 0 Å². The molecule has 7 aromatic carbocycles. The Hall–Kier alpha value is -7.04. The van der Waals surface area contributed by atoms with Gasteiger partial charge in [-0.1, -0.05) is 186 Å². The minimum absolute atomic E-state index is 0.0677. The summed E-state index contributed by atoms with van der Waals surface area (Å²) in [4.78, 5) is 10.6. The largest absolute Gasteiger partial charge is 0.507 e. The van der Waals surface area contributed by atoms with E-state index in [9.17, 15) is 5.11 Å². The van der Waals surface area contributed by atoms with Crippen LogP contribution in [-0.4, -0.2) is 19.6 Å². The molecule has 0 amide bonds. The van der Waals surface area contributed by atoms with Crippen LogP contribution >= 0.6 is 0 Å². The van der Waals surface area contributed by atoms with Gasteiger partial charge >= 0.3 is 0 Å². The molecule has 2 heterocycles. The van der Waals surface area contributed by atoms with Gasteiger partial charge in [0, 0.05) is 36.7 Å². The Morgan fingerprint density at radius 1 is 0.443 bits per heavy atom. The predicted octanol–water partition coefficient (Wildman–Crippen LogP) is 17.9. The molecule has 0 aliphatic heterocycles. The lowest BCUT2D eigenvalue weighted by atomic mass is 9.79. The molecule has 9 aromatic rings. The van der Waals surface area contributed by atoms with Gasteiger partial charge in [-0.25, -0.2) is 4.98 Å². The van der Waals surface area contributed by atoms with Crippen molar-refractivity contribution in [1.29, 1.82) is 0 Å². The summed E-state index contributed by atoms with van der Waals surface area (Å²) in [5.41, 5.74) is 14.3. The van der Waals surface area contributed by atoms with Gasteiger partial charge in [0.05, 0.1) is 28.0 Å². The van der Waals surface area contributed by atoms with Crippen LogP contribution in [0.5, 0.6) is 5.75 Å². The number of nitrogens with zero attached hydrogens (tertiary/aromatic N) is 3. The number of aryl methyl sites for hydroxylation is 2. The van der Waals surface area contributed by atoms with Crippen LogP contribution < -0.4 is 0 Å². The molecule has 0 unspecified atom stereocenters. The van der Waals surface area contributed by atoms with Crippen LogP contribution in [0.3, 0.4) is 0 Å². The van der Waals surface area contributed by atoms with Gasteiger partial charge in [-0.15, -0.1) is 0 Å². The summed E-state index contributed by atoms with van der Waals surface area (Å²) < 4.78 is 52.7. The third-order valence-corrected chi connectivity index (χ3v) is 13.6. The number of aromatic nitrogens is 3. The number of imidazole rings is 1. The molecule has 9 rings (SSSR count). The highest BCUT2D eigenvalue weighted by atomic mass is 16.3. The van der Waals surface area contributed by atoms with Crippen molar-refractivity contribution in [1.82, 2.24) is 14.5 Å².